The van der Waals surface area contributed by atoms with Crippen molar-refractivity contribution in [2.24, 2.45) is 5.73 Å². The molecule has 1 radical (unpaired) electrons. The number of piperazine rings is 1. The smallest absolute Gasteiger partial charge is 0.268 e. The normalized spacial score (nSPS) is 17.4. The van der Waals surface area contributed by atoms with Crippen LogP contribution in [0.25, 0.3) is 0 Å². The molecule has 1 aromatic heterocycles. The lowest BCUT2D eigenvalue weighted by Crippen LogP contribution is -2.44. The Morgan fingerprint density at radius 1 is 1.44 bits per heavy atom. The number of primary amides is 1. The number of rotatable bonds is 2. The lowest BCUT2D eigenvalue weighted by molar-refractivity contribution is 0.0995. The topological polar surface area (TPSA) is 62.5 Å². The Bertz CT molecular complexity index is 385. The van der Waals surface area contributed by atoms with Crippen LogP contribution in [-0.2, 0) is 0 Å². The van der Waals surface area contributed by atoms with Crippen LogP contribution in [0.1, 0.15) is 10.5 Å². The molecule has 0 aromatic carbocycles. The van der Waals surface area contributed by atoms with Crippen LogP contribution in [0.3, 0.4) is 0 Å². The molecule has 2 heterocycles. The van der Waals surface area contributed by atoms with Gasteiger partial charge in [-0.25, -0.2) is 4.98 Å². The van der Waals surface area contributed by atoms with Crippen LogP contribution < -0.4 is 10.6 Å². The standard InChI is InChI=1S/C11H15N4O/c1-14-5-7-15(8-6-14)10-4-2-3-9(13-10)11(12)16/h2,4H,5-8H2,1H3,(H2,12,16). The highest BCUT2D eigenvalue weighted by atomic mass is 16.1. The zero-order chi connectivity index (χ0) is 11.5. The summed E-state index contributed by atoms with van der Waals surface area (Å²) in [4.78, 5) is 19.6. The first kappa shape index (κ1) is 10.9. The van der Waals surface area contributed by atoms with Crippen molar-refractivity contribution in [3.63, 3.8) is 0 Å². The SMILES string of the molecule is CN1CCN(c2cc[c]c(C(N)=O)n2)CC1. The lowest BCUT2D eigenvalue weighted by atomic mass is 10.3. The van der Waals surface area contributed by atoms with Gasteiger partial charge in [0.25, 0.3) is 5.91 Å². The lowest BCUT2D eigenvalue weighted by Gasteiger charge is -2.33. The van der Waals surface area contributed by atoms with Gasteiger partial charge < -0.3 is 15.5 Å². The van der Waals surface area contributed by atoms with Crippen LogP contribution in [0.2, 0.25) is 0 Å². The number of nitrogens with two attached hydrogens (primary N) is 1. The molecule has 0 spiro atoms. The minimum absolute atomic E-state index is 0.205. The van der Waals surface area contributed by atoms with Crippen LogP contribution in [0.15, 0.2) is 12.1 Å². The van der Waals surface area contributed by atoms with Gasteiger partial charge >= 0.3 is 0 Å². The second-order valence-corrected chi connectivity index (χ2v) is 3.95. The summed E-state index contributed by atoms with van der Waals surface area (Å²) in [6.45, 7) is 3.86. The van der Waals surface area contributed by atoms with E-state index in [4.69, 9.17) is 5.73 Å². The van der Waals surface area contributed by atoms with Gasteiger partial charge in [0.1, 0.15) is 11.5 Å². The van der Waals surface area contributed by atoms with Crippen LogP contribution in [0, 0.1) is 6.07 Å². The zero-order valence-electron chi connectivity index (χ0n) is 9.31. The first-order valence-electron chi connectivity index (χ1n) is 5.29. The molecule has 1 aliphatic heterocycles. The number of hydrogen-bond acceptors (Lipinski definition) is 4. The van der Waals surface area contributed by atoms with Gasteiger partial charge in [-0.3, -0.25) is 4.79 Å². The molecule has 0 saturated carbocycles. The van der Waals surface area contributed by atoms with E-state index in [1.165, 1.54) is 0 Å². The van der Waals surface area contributed by atoms with Crippen molar-refractivity contribution in [2.45, 2.75) is 0 Å². The van der Waals surface area contributed by atoms with Gasteiger partial charge in [0, 0.05) is 32.2 Å². The molecule has 0 atom stereocenters. The van der Waals surface area contributed by atoms with Gasteiger partial charge in [0.05, 0.1) is 0 Å². The van der Waals surface area contributed by atoms with Crippen molar-refractivity contribution in [3.8, 4) is 0 Å². The number of nitrogens with zero attached hydrogens (tertiary/aromatic N) is 3. The summed E-state index contributed by atoms with van der Waals surface area (Å²) in [5, 5.41) is 0. The molecule has 1 amide bonds. The maximum Gasteiger partial charge on any atom is 0.268 e. The van der Waals surface area contributed by atoms with E-state index in [1.54, 1.807) is 6.07 Å². The number of carbonyl (C=O) groups is 1. The van der Waals surface area contributed by atoms with Crippen molar-refractivity contribution >= 4 is 11.7 Å². The fourth-order valence-corrected chi connectivity index (χ4v) is 1.72. The molecule has 0 unspecified atom stereocenters. The summed E-state index contributed by atoms with van der Waals surface area (Å²) in [5.41, 5.74) is 5.38. The van der Waals surface area contributed by atoms with Crippen molar-refractivity contribution < 1.29 is 4.79 Å². The third kappa shape index (κ3) is 2.30. The minimum Gasteiger partial charge on any atom is -0.364 e. The number of likely N-dealkylation sites (N-methyl/N-ethyl adjacent to an activating group) is 1. The average molecular weight is 219 g/mol. The second-order valence-electron chi connectivity index (χ2n) is 3.95. The molecule has 2 N–H and O–H groups in total. The Labute approximate surface area is 94.9 Å². The van der Waals surface area contributed by atoms with Crippen LogP contribution in [0.4, 0.5) is 5.82 Å². The highest BCUT2D eigenvalue weighted by Gasteiger charge is 2.16. The average Bonchev–Trinajstić information content (AvgIpc) is 2.30. The van der Waals surface area contributed by atoms with Gasteiger partial charge in [-0.2, -0.15) is 0 Å². The van der Waals surface area contributed by atoms with Crippen LogP contribution >= 0.6 is 0 Å². The molecule has 1 fully saturated rings. The summed E-state index contributed by atoms with van der Waals surface area (Å²) in [5.74, 6) is 0.275. The predicted octanol–water partition coefficient (Wildman–Crippen LogP) is -0.268. The monoisotopic (exact) mass is 219 g/mol. The first-order valence-corrected chi connectivity index (χ1v) is 5.29. The van der Waals surface area contributed by atoms with Crippen LogP contribution in [-0.4, -0.2) is 49.0 Å². The predicted molar refractivity (Wildman–Crippen MR) is 61.3 cm³/mol. The molecule has 16 heavy (non-hydrogen) atoms. The molecule has 0 aliphatic carbocycles. The molecule has 1 aromatic rings. The van der Waals surface area contributed by atoms with Gasteiger partial charge in [0.2, 0.25) is 0 Å². The number of amides is 1. The largest absolute Gasteiger partial charge is 0.364 e. The van der Waals surface area contributed by atoms with E-state index in [0.717, 1.165) is 32.0 Å². The Hall–Kier alpha value is -1.62. The third-order valence-electron chi connectivity index (χ3n) is 2.74. The highest BCUT2D eigenvalue weighted by Crippen LogP contribution is 2.13. The summed E-state index contributed by atoms with van der Waals surface area (Å²) < 4.78 is 0. The molecule has 2 rings (SSSR count). The highest BCUT2D eigenvalue weighted by molar-refractivity contribution is 5.90. The Morgan fingerprint density at radius 3 is 2.75 bits per heavy atom. The first-order chi connectivity index (χ1) is 7.66. The van der Waals surface area contributed by atoms with Gasteiger partial charge in [0.15, 0.2) is 0 Å². The zero-order valence-corrected chi connectivity index (χ0v) is 9.31. The van der Waals surface area contributed by atoms with E-state index in [2.05, 4.69) is 27.9 Å². The molecule has 0 bridgehead atoms. The van der Waals surface area contributed by atoms with Crippen molar-refractivity contribution in [3.05, 3.63) is 23.9 Å². The molecular formula is C11H15N4O. The van der Waals surface area contributed by atoms with E-state index in [0.29, 0.717) is 0 Å². The van der Waals surface area contributed by atoms with Gasteiger partial charge in [-0.05, 0) is 19.2 Å². The number of hydrogen-bond donors (Lipinski definition) is 1. The molecular weight excluding hydrogens is 204 g/mol. The summed E-state index contributed by atoms with van der Waals surface area (Å²) in [6, 6.07) is 6.29. The van der Waals surface area contributed by atoms with E-state index in [-0.39, 0.29) is 5.69 Å². The number of anilines is 1. The van der Waals surface area contributed by atoms with E-state index < -0.39 is 5.91 Å². The van der Waals surface area contributed by atoms with E-state index >= 15 is 0 Å². The van der Waals surface area contributed by atoms with Gasteiger partial charge in [-0.15, -0.1) is 0 Å². The quantitative estimate of drug-likeness (QED) is 0.744. The molecule has 1 aliphatic rings. The number of pyridine rings is 1. The number of aromatic nitrogens is 1. The van der Waals surface area contributed by atoms with E-state index in [1.807, 2.05) is 6.07 Å². The fourth-order valence-electron chi connectivity index (χ4n) is 1.72. The molecule has 5 nitrogen and oxygen atoms in total. The Balaban J connectivity index is 2.14. The van der Waals surface area contributed by atoms with E-state index in [9.17, 15) is 4.79 Å². The summed E-state index contributed by atoms with van der Waals surface area (Å²) in [6.07, 6.45) is 0. The van der Waals surface area contributed by atoms with Crippen molar-refractivity contribution in [1.29, 1.82) is 0 Å². The third-order valence-corrected chi connectivity index (χ3v) is 2.74. The summed E-state index contributed by atoms with van der Waals surface area (Å²) in [7, 11) is 2.10. The summed E-state index contributed by atoms with van der Waals surface area (Å²) >= 11 is 0. The molecule has 5 heteroatoms. The Kier molecular flexibility index (Phi) is 3.05. The maximum atomic E-state index is 11.0. The Morgan fingerprint density at radius 2 is 2.12 bits per heavy atom. The number of carbonyl (C=O) groups excluding carboxylic acids is 1. The van der Waals surface area contributed by atoms with Gasteiger partial charge in [-0.1, -0.05) is 0 Å². The van der Waals surface area contributed by atoms with Crippen molar-refractivity contribution in [2.75, 3.05) is 38.1 Å². The second kappa shape index (κ2) is 4.49. The maximum absolute atomic E-state index is 11.0. The fraction of sp³-hybridized carbons (Fsp3) is 0.455. The van der Waals surface area contributed by atoms with Crippen LogP contribution in [0.5, 0.6) is 0 Å². The minimum atomic E-state index is -0.532. The molecule has 1 saturated heterocycles. The van der Waals surface area contributed by atoms with Crippen molar-refractivity contribution in [1.82, 2.24) is 9.88 Å². The molecule has 85 valence electrons.